The van der Waals surface area contributed by atoms with Gasteiger partial charge < -0.3 is 14.8 Å². The van der Waals surface area contributed by atoms with Crippen LogP contribution < -0.4 is 15.8 Å². The van der Waals surface area contributed by atoms with Gasteiger partial charge in [0, 0.05) is 38.6 Å². The van der Waals surface area contributed by atoms with Gasteiger partial charge in [0.15, 0.2) is 5.82 Å². The summed E-state index contributed by atoms with van der Waals surface area (Å²) in [5.74, 6) is 0.301. The monoisotopic (exact) mass is 348 g/mol. The molecule has 0 aromatic carbocycles. The Morgan fingerprint density at radius 1 is 1.50 bits per heavy atom. The van der Waals surface area contributed by atoms with Gasteiger partial charge >= 0.3 is 0 Å². The van der Waals surface area contributed by atoms with Crippen molar-refractivity contribution in [3.63, 3.8) is 0 Å². The molecule has 9 heteroatoms. The topological polar surface area (TPSA) is 93.0 Å². The lowest BCUT2D eigenvalue weighted by atomic mass is 10.1. The van der Waals surface area contributed by atoms with Gasteiger partial charge in [-0.1, -0.05) is 11.4 Å². The van der Waals surface area contributed by atoms with Gasteiger partial charge in [0.05, 0.1) is 5.69 Å². The third-order valence-electron chi connectivity index (χ3n) is 4.15. The molecule has 0 spiro atoms. The van der Waals surface area contributed by atoms with Crippen LogP contribution in [-0.2, 0) is 13.5 Å². The SMILES string of the molecule is CCc1nnsc1C(=O)NC1CCCN(c2nccn(C)c2=O)C1. The number of piperidine rings is 1. The van der Waals surface area contributed by atoms with Crippen LogP contribution in [0.5, 0.6) is 0 Å². The molecule has 0 saturated carbocycles. The molecule has 1 N–H and O–H groups in total. The van der Waals surface area contributed by atoms with Crippen molar-refractivity contribution in [3.05, 3.63) is 33.3 Å². The molecule has 1 fully saturated rings. The molecule has 8 nitrogen and oxygen atoms in total. The number of hydrogen-bond donors (Lipinski definition) is 1. The van der Waals surface area contributed by atoms with Crippen LogP contribution in [0.1, 0.15) is 35.1 Å². The van der Waals surface area contributed by atoms with E-state index in [-0.39, 0.29) is 17.5 Å². The van der Waals surface area contributed by atoms with E-state index in [0.29, 0.717) is 23.7 Å². The fraction of sp³-hybridized carbons (Fsp3) is 0.533. The maximum atomic E-state index is 12.4. The van der Waals surface area contributed by atoms with Crippen molar-refractivity contribution in [3.8, 4) is 0 Å². The summed E-state index contributed by atoms with van der Waals surface area (Å²) in [5.41, 5.74) is 0.605. The Labute approximate surface area is 143 Å². The minimum absolute atomic E-state index is 0.0234. The van der Waals surface area contributed by atoms with Crippen LogP contribution in [0.15, 0.2) is 17.2 Å². The molecule has 0 bridgehead atoms. The normalized spacial score (nSPS) is 17.8. The van der Waals surface area contributed by atoms with Gasteiger partial charge in [-0.3, -0.25) is 9.59 Å². The summed E-state index contributed by atoms with van der Waals surface area (Å²) in [4.78, 5) is 31.4. The minimum atomic E-state index is -0.136. The van der Waals surface area contributed by atoms with Crippen LogP contribution in [0.25, 0.3) is 0 Å². The molecule has 1 amide bonds. The van der Waals surface area contributed by atoms with Gasteiger partial charge in [-0.15, -0.1) is 5.10 Å². The van der Waals surface area contributed by atoms with Gasteiger partial charge in [-0.25, -0.2) is 4.98 Å². The van der Waals surface area contributed by atoms with Crippen molar-refractivity contribution in [1.82, 2.24) is 24.5 Å². The maximum absolute atomic E-state index is 12.4. The Kier molecular flexibility index (Phi) is 4.89. The molecule has 1 atom stereocenters. The molecule has 1 aliphatic rings. The predicted molar refractivity (Wildman–Crippen MR) is 91.5 cm³/mol. The summed E-state index contributed by atoms with van der Waals surface area (Å²) in [6.07, 6.45) is 5.71. The van der Waals surface area contributed by atoms with Crippen molar-refractivity contribution in [1.29, 1.82) is 0 Å². The van der Waals surface area contributed by atoms with Crippen molar-refractivity contribution in [2.75, 3.05) is 18.0 Å². The minimum Gasteiger partial charge on any atom is -0.350 e. The van der Waals surface area contributed by atoms with E-state index < -0.39 is 0 Å². The van der Waals surface area contributed by atoms with Gasteiger partial charge in [-0.05, 0) is 30.8 Å². The quantitative estimate of drug-likeness (QED) is 0.869. The zero-order valence-electron chi connectivity index (χ0n) is 13.7. The molecule has 2 aromatic heterocycles. The van der Waals surface area contributed by atoms with Gasteiger partial charge in [0.1, 0.15) is 4.88 Å². The van der Waals surface area contributed by atoms with Crippen molar-refractivity contribution < 1.29 is 4.79 Å². The molecule has 1 unspecified atom stereocenters. The standard InChI is InChI=1S/C15H20N6O2S/c1-3-11-12(24-19-18-11)14(22)17-10-5-4-7-21(9-10)13-15(23)20(2)8-6-16-13/h6,8,10H,3-5,7,9H2,1-2H3,(H,17,22). The average molecular weight is 348 g/mol. The van der Waals surface area contributed by atoms with E-state index in [1.807, 2.05) is 11.8 Å². The Morgan fingerprint density at radius 3 is 3.12 bits per heavy atom. The Balaban J connectivity index is 1.71. The zero-order chi connectivity index (χ0) is 17.1. The Bertz CT molecular complexity index is 786. The molecule has 2 aromatic rings. The predicted octanol–water partition coefficient (Wildman–Crippen LogP) is 0.593. The van der Waals surface area contributed by atoms with Gasteiger partial charge in [0.25, 0.3) is 11.5 Å². The number of nitrogens with zero attached hydrogens (tertiary/aromatic N) is 5. The number of anilines is 1. The Hall–Kier alpha value is -2.29. The average Bonchev–Trinajstić information content (AvgIpc) is 3.06. The van der Waals surface area contributed by atoms with Crippen molar-refractivity contribution in [2.45, 2.75) is 32.2 Å². The largest absolute Gasteiger partial charge is 0.350 e. The highest BCUT2D eigenvalue weighted by Crippen LogP contribution is 2.16. The molecule has 0 radical (unpaired) electrons. The van der Waals surface area contributed by atoms with Crippen LogP contribution >= 0.6 is 11.5 Å². The number of carbonyl (C=O) groups excluding carboxylic acids is 1. The van der Waals surface area contributed by atoms with E-state index in [2.05, 4.69) is 19.9 Å². The summed E-state index contributed by atoms with van der Waals surface area (Å²) < 4.78 is 5.37. The third kappa shape index (κ3) is 3.30. The number of hydrogen-bond acceptors (Lipinski definition) is 7. The van der Waals surface area contributed by atoms with Crippen LogP contribution in [-0.4, -0.2) is 44.2 Å². The lowest BCUT2D eigenvalue weighted by molar-refractivity contribution is 0.0936. The van der Waals surface area contributed by atoms with Crippen LogP contribution in [0.3, 0.4) is 0 Å². The second-order valence-corrected chi connectivity index (χ2v) is 6.58. The number of rotatable bonds is 4. The first kappa shape index (κ1) is 16.6. The van der Waals surface area contributed by atoms with Crippen LogP contribution in [0, 0.1) is 0 Å². The zero-order valence-corrected chi connectivity index (χ0v) is 14.5. The van der Waals surface area contributed by atoms with Crippen molar-refractivity contribution in [2.24, 2.45) is 7.05 Å². The van der Waals surface area contributed by atoms with E-state index in [1.165, 1.54) is 4.57 Å². The van der Waals surface area contributed by atoms with E-state index in [9.17, 15) is 9.59 Å². The number of aromatic nitrogens is 4. The molecule has 1 aliphatic heterocycles. The molecule has 1 saturated heterocycles. The van der Waals surface area contributed by atoms with Crippen LogP contribution in [0.4, 0.5) is 5.82 Å². The van der Waals surface area contributed by atoms with E-state index >= 15 is 0 Å². The molecular weight excluding hydrogens is 328 g/mol. The molecular formula is C15H20N6O2S. The van der Waals surface area contributed by atoms with Gasteiger partial charge in [-0.2, -0.15) is 0 Å². The number of nitrogens with one attached hydrogen (secondary N) is 1. The summed E-state index contributed by atoms with van der Waals surface area (Å²) in [5, 5.41) is 7.02. The first-order valence-electron chi connectivity index (χ1n) is 7.98. The number of carbonyl (C=O) groups is 1. The molecule has 3 rings (SSSR count). The number of amides is 1. The van der Waals surface area contributed by atoms with Gasteiger partial charge in [0.2, 0.25) is 0 Å². The summed E-state index contributed by atoms with van der Waals surface area (Å²) in [6, 6.07) is -0.0234. The molecule has 24 heavy (non-hydrogen) atoms. The molecule has 3 heterocycles. The maximum Gasteiger partial charge on any atom is 0.293 e. The van der Waals surface area contributed by atoms with E-state index in [0.717, 1.165) is 36.6 Å². The Morgan fingerprint density at radius 2 is 2.33 bits per heavy atom. The fourth-order valence-corrected chi connectivity index (χ4v) is 3.51. The highest BCUT2D eigenvalue weighted by Gasteiger charge is 2.26. The van der Waals surface area contributed by atoms with Crippen LogP contribution in [0.2, 0.25) is 0 Å². The van der Waals surface area contributed by atoms with E-state index in [1.54, 1.807) is 19.4 Å². The molecule has 128 valence electrons. The smallest absolute Gasteiger partial charge is 0.293 e. The lowest BCUT2D eigenvalue weighted by Gasteiger charge is -2.33. The second kappa shape index (κ2) is 7.08. The first-order chi connectivity index (χ1) is 11.6. The second-order valence-electron chi connectivity index (χ2n) is 5.83. The van der Waals surface area contributed by atoms with E-state index in [4.69, 9.17) is 0 Å². The summed E-state index contributed by atoms with van der Waals surface area (Å²) >= 11 is 1.12. The number of aryl methyl sites for hydroxylation is 2. The lowest BCUT2D eigenvalue weighted by Crippen LogP contribution is -2.49. The fourth-order valence-electron chi connectivity index (χ4n) is 2.85. The highest BCUT2D eigenvalue weighted by molar-refractivity contribution is 7.08. The summed E-state index contributed by atoms with van der Waals surface area (Å²) in [7, 11) is 1.71. The molecule has 0 aliphatic carbocycles. The van der Waals surface area contributed by atoms with Crippen molar-refractivity contribution >= 4 is 23.3 Å². The summed E-state index contributed by atoms with van der Waals surface area (Å²) in [6.45, 7) is 3.29. The first-order valence-corrected chi connectivity index (χ1v) is 8.76. The third-order valence-corrected chi connectivity index (χ3v) is 4.92. The highest BCUT2D eigenvalue weighted by atomic mass is 32.1.